The predicted octanol–water partition coefficient (Wildman–Crippen LogP) is 5.12. The lowest BCUT2D eigenvalue weighted by Crippen LogP contribution is -2.14. The lowest BCUT2D eigenvalue weighted by atomic mass is 10.0. The first-order chi connectivity index (χ1) is 13.2. The molecule has 27 heavy (non-hydrogen) atoms. The molecule has 0 spiro atoms. The van der Waals surface area contributed by atoms with E-state index in [1.807, 2.05) is 12.1 Å². The van der Waals surface area contributed by atoms with E-state index < -0.39 is 0 Å². The topological polar surface area (TPSA) is 52.8 Å². The van der Waals surface area contributed by atoms with E-state index in [9.17, 15) is 0 Å². The second kappa shape index (κ2) is 7.29. The van der Waals surface area contributed by atoms with Gasteiger partial charge >= 0.3 is 0 Å². The largest absolute Gasteiger partial charge is 0.497 e. The molecule has 1 aliphatic rings. The fourth-order valence-electron chi connectivity index (χ4n) is 4.13. The summed E-state index contributed by atoms with van der Waals surface area (Å²) in [6, 6.07) is 6.61. The molecule has 4 rings (SSSR count). The number of benzene rings is 1. The van der Waals surface area contributed by atoms with E-state index in [1.54, 1.807) is 13.4 Å². The monoisotopic (exact) mass is 364 g/mol. The van der Waals surface area contributed by atoms with Crippen LogP contribution in [0.1, 0.15) is 57.0 Å². The smallest absolute Gasteiger partial charge is 0.164 e. The van der Waals surface area contributed by atoms with Crippen LogP contribution in [-0.2, 0) is 6.42 Å². The van der Waals surface area contributed by atoms with Crippen molar-refractivity contribution in [3.8, 4) is 17.0 Å². The molecular weight excluding hydrogens is 336 g/mol. The number of methoxy groups -OCH3 is 1. The second-order valence-electron chi connectivity index (χ2n) is 7.52. The quantitative estimate of drug-likeness (QED) is 0.583. The van der Waals surface area contributed by atoms with Crippen LogP contribution in [-0.4, -0.2) is 26.6 Å². The molecule has 1 aromatic carbocycles. The highest BCUT2D eigenvalue weighted by atomic mass is 16.5. The normalized spacial score (nSPS) is 15.3. The minimum atomic E-state index is 0.509. The van der Waals surface area contributed by atoms with Crippen molar-refractivity contribution >= 4 is 11.2 Å². The van der Waals surface area contributed by atoms with Crippen molar-refractivity contribution in [3.63, 3.8) is 0 Å². The Morgan fingerprint density at radius 3 is 2.67 bits per heavy atom. The van der Waals surface area contributed by atoms with Crippen LogP contribution in [0.2, 0.25) is 0 Å². The Hall–Kier alpha value is -2.43. The first-order valence-electron chi connectivity index (χ1n) is 10.0. The molecule has 1 fully saturated rings. The van der Waals surface area contributed by atoms with Gasteiger partial charge in [0.1, 0.15) is 29.1 Å². The Bertz CT molecular complexity index is 958. The van der Waals surface area contributed by atoms with Crippen molar-refractivity contribution in [2.45, 2.75) is 58.9 Å². The third kappa shape index (κ3) is 3.20. The molecule has 5 nitrogen and oxygen atoms in total. The Morgan fingerprint density at radius 1 is 1.22 bits per heavy atom. The van der Waals surface area contributed by atoms with Crippen LogP contribution in [0.15, 0.2) is 24.5 Å². The van der Waals surface area contributed by atoms with E-state index in [0.29, 0.717) is 6.04 Å². The van der Waals surface area contributed by atoms with Gasteiger partial charge in [-0.25, -0.2) is 15.0 Å². The van der Waals surface area contributed by atoms with Crippen LogP contribution in [0.5, 0.6) is 5.75 Å². The van der Waals surface area contributed by atoms with Crippen LogP contribution in [0.25, 0.3) is 22.4 Å². The molecule has 1 aliphatic carbocycles. The summed E-state index contributed by atoms with van der Waals surface area (Å²) in [6.45, 7) is 6.54. The minimum absolute atomic E-state index is 0.509. The number of aromatic nitrogens is 4. The molecule has 0 saturated heterocycles. The fraction of sp³-hybridized carbons (Fsp3) is 0.500. The van der Waals surface area contributed by atoms with E-state index in [1.165, 1.54) is 25.7 Å². The highest BCUT2D eigenvalue weighted by Gasteiger charge is 2.34. The Morgan fingerprint density at radius 2 is 2.04 bits per heavy atom. The van der Waals surface area contributed by atoms with Gasteiger partial charge in [-0.2, -0.15) is 0 Å². The molecule has 0 radical (unpaired) electrons. The number of aryl methyl sites for hydroxylation is 2. The summed E-state index contributed by atoms with van der Waals surface area (Å²) < 4.78 is 7.77. The molecule has 1 saturated carbocycles. The highest BCUT2D eigenvalue weighted by Crippen LogP contribution is 2.44. The molecule has 2 aromatic heterocycles. The van der Waals surface area contributed by atoms with Crippen molar-refractivity contribution in [2.24, 2.45) is 5.92 Å². The van der Waals surface area contributed by atoms with Gasteiger partial charge in [0.15, 0.2) is 5.65 Å². The molecule has 5 heteroatoms. The summed E-state index contributed by atoms with van der Waals surface area (Å²) in [5, 5.41) is 0. The predicted molar refractivity (Wildman–Crippen MR) is 108 cm³/mol. The summed E-state index contributed by atoms with van der Waals surface area (Å²) in [5.74, 6) is 2.76. The molecule has 2 heterocycles. The van der Waals surface area contributed by atoms with Crippen LogP contribution < -0.4 is 4.74 Å². The molecular formula is C22H28N4O. The van der Waals surface area contributed by atoms with Crippen molar-refractivity contribution in [3.05, 3.63) is 35.9 Å². The first kappa shape index (κ1) is 18.0. The third-order valence-electron chi connectivity index (χ3n) is 5.64. The lowest BCUT2D eigenvalue weighted by molar-refractivity contribution is 0.407. The van der Waals surface area contributed by atoms with E-state index in [4.69, 9.17) is 9.72 Å². The molecule has 3 aromatic rings. The zero-order valence-electron chi connectivity index (χ0n) is 16.7. The first-order valence-corrected chi connectivity index (χ1v) is 10.0. The molecule has 0 bridgehead atoms. The Labute approximate surface area is 160 Å². The van der Waals surface area contributed by atoms with Crippen molar-refractivity contribution in [1.82, 2.24) is 19.5 Å². The Balaban J connectivity index is 1.89. The van der Waals surface area contributed by atoms with E-state index in [-0.39, 0.29) is 0 Å². The number of hydrogen-bond donors (Lipinski definition) is 0. The summed E-state index contributed by atoms with van der Waals surface area (Å²) in [5.41, 5.74) is 5.05. The molecule has 142 valence electrons. The maximum absolute atomic E-state index is 5.35. The zero-order valence-corrected chi connectivity index (χ0v) is 16.7. The summed E-state index contributed by atoms with van der Waals surface area (Å²) in [6.07, 6.45) is 7.61. The number of rotatable bonds is 7. The molecule has 0 amide bonds. The van der Waals surface area contributed by atoms with Crippen LogP contribution >= 0.6 is 0 Å². The molecule has 0 N–H and O–H groups in total. The number of nitrogens with zero attached hydrogens (tertiary/aromatic N) is 4. The van der Waals surface area contributed by atoms with Gasteiger partial charge in [-0.1, -0.05) is 20.3 Å². The van der Waals surface area contributed by atoms with Gasteiger partial charge in [-0.15, -0.1) is 0 Å². The van der Waals surface area contributed by atoms with Crippen LogP contribution in [0.4, 0.5) is 0 Å². The van der Waals surface area contributed by atoms with Gasteiger partial charge in [-0.3, -0.25) is 0 Å². The standard InChI is InChI=1S/C22H28N4O/c1-5-7-18(15-8-9-15)26-19(6-2)25-21-20(23-13-24-22(21)26)17-11-10-16(27-4)12-14(17)3/h10-13,15,18H,5-9H2,1-4H3. The van der Waals surface area contributed by atoms with Crippen molar-refractivity contribution in [2.75, 3.05) is 7.11 Å². The Kier molecular flexibility index (Phi) is 4.85. The van der Waals surface area contributed by atoms with Crippen LogP contribution in [0, 0.1) is 12.8 Å². The molecule has 1 atom stereocenters. The SMILES string of the molecule is CCCC(C1CC1)n1c(CC)nc2c(-c3ccc(OC)cc3C)ncnc21. The van der Waals surface area contributed by atoms with Gasteiger partial charge in [0.05, 0.1) is 7.11 Å². The lowest BCUT2D eigenvalue weighted by Gasteiger charge is -2.20. The average molecular weight is 364 g/mol. The van der Waals surface area contributed by atoms with Gasteiger partial charge in [-0.05, 0) is 55.9 Å². The minimum Gasteiger partial charge on any atom is -0.497 e. The number of hydrogen-bond acceptors (Lipinski definition) is 4. The van der Waals surface area contributed by atoms with Crippen LogP contribution in [0.3, 0.4) is 0 Å². The second-order valence-corrected chi connectivity index (χ2v) is 7.52. The van der Waals surface area contributed by atoms with Gasteiger partial charge in [0.25, 0.3) is 0 Å². The summed E-state index contributed by atoms with van der Waals surface area (Å²) in [4.78, 5) is 14.3. The number of imidazole rings is 1. The summed E-state index contributed by atoms with van der Waals surface area (Å²) in [7, 11) is 1.69. The number of fused-ring (bicyclic) bond motifs is 1. The average Bonchev–Trinajstić information content (AvgIpc) is 3.46. The van der Waals surface area contributed by atoms with Crippen molar-refractivity contribution in [1.29, 1.82) is 0 Å². The molecule has 1 unspecified atom stereocenters. The fourth-order valence-corrected chi connectivity index (χ4v) is 4.13. The van der Waals surface area contributed by atoms with E-state index in [0.717, 1.165) is 51.9 Å². The maximum atomic E-state index is 5.35. The van der Waals surface area contributed by atoms with Gasteiger partial charge < -0.3 is 9.30 Å². The van der Waals surface area contributed by atoms with E-state index >= 15 is 0 Å². The summed E-state index contributed by atoms with van der Waals surface area (Å²) >= 11 is 0. The van der Waals surface area contributed by atoms with Gasteiger partial charge in [0, 0.05) is 18.0 Å². The highest BCUT2D eigenvalue weighted by molar-refractivity contribution is 5.88. The number of ether oxygens (including phenoxy) is 1. The molecule has 0 aliphatic heterocycles. The van der Waals surface area contributed by atoms with E-state index in [2.05, 4.69) is 41.4 Å². The third-order valence-corrected chi connectivity index (χ3v) is 5.64. The maximum Gasteiger partial charge on any atom is 0.164 e. The van der Waals surface area contributed by atoms with Crippen molar-refractivity contribution < 1.29 is 4.74 Å². The zero-order chi connectivity index (χ0) is 19.0. The van der Waals surface area contributed by atoms with Gasteiger partial charge in [0.2, 0.25) is 0 Å².